The van der Waals surface area contributed by atoms with E-state index in [1.807, 2.05) is 119 Å². The number of rotatable bonds is 18. The van der Waals surface area contributed by atoms with Crippen LogP contribution in [0.5, 0.6) is 34.5 Å². The Morgan fingerprint density at radius 1 is 0.308 bits per heavy atom. The lowest BCUT2D eigenvalue weighted by atomic mass is 9.66. The number of benzene rings is 6. The van der Waals surface area contributed by atoms with Crippen LogP contribution < -0.4 is 27.8 Å². The molecular formula is C84H104O18Si2. The molecular weight excluding hydrogens is 1350 g/mol. The van der Waals surface area contributed by atoms with E-state index in [-0.39, 0.29) is 81.9 Å². The minimum absolute atomic E-state index is 0.00145. The second-order valence-electron chi connectivity index (χ2n) is 36.9. The Hall–Kier alpha value is -7.59. The number of ether oxygens (including phenoxy) is 8. The van der Waals surface area contributed by atoms with Crippen LogP contribution in [0.2, 0.25) is 33.2 Å². The molecule has 8 aliphatic rings. The van der Waals surface area contributed by atoms with Crippen LogP contribution in [-0.4, -0.2) is 86.8 Å². The van der Waals surface area contributed by atoms with Gasteiger partial charge in [0, 0.05) is 59.4 Å². The highest BCUT2D eigenvalue weighted by Gasteiger charge is 2.80. The summed E-state index contributed by atoms with van der Waals surface area (Å²) >= 11 is 0. The summed E-state index contributed by atoms with van der Waals surface area (Å²) in [4.78, 5) is 118. The zero-order valence-corrected chi connectivity index (χ0v) is 67.2. The number of hydrogen-bond acceptors (Lipinski definition) is 18. The number of fused-ring (bicyclic) bond motifs is 17. The monoisotopic (exact) mass is 1460 g/mol. The summed E-state index contributed by atoms with van der Waals surface area (Å²) in [5.74, 6) is -3.91. The predicted molar refractivity (Wildman–Crippen MR) is 400 cm³/mol. The van der Waals surface area contributed by atoms with E-state index in [4.69, 9.17) is 46.7 Å². The summed E-state index contributed by atoms with van der Waals surface area (Å²) in [6.45, 7) is 48.6. The molecule has 4 aliphatic carbocycles. The smallest absolute Gasteiger partial charge is 0.356 e. The molecule has 0 N–H and O–H groups in total. The van der Waals surface area contributed by atoms with Crippen molar-refractivity contribution in [1.29, 1.82) is 0 Å². The maximum atomic E-state index is 15.7. The summed E-state index contributed by atoms with van der Waals surface area (Å²) < 4.78 is 68.4. The van der Waals surface area contributed by atoms with Crippen molar-refractivity contribution < 1.29 is 85.1 Å². The highest BCUT2D eigenvalue weighted by Crippen LogP contribution is 2.70. The van der Waals surface area contributed by atoms with Crippen LogP contribution in [0.1, 0.15) is 218 Å². The van der Waals surface area contributed by atoms with Crippen LogP contribution in [0.15, 0.2) is 60.7 Å². The number of carbonyl (C=O) groups is 8. The van der Waals surface area contributed by atoms with Gasteiger partial charge >= 0.3 is 47.8 Å². The van der Waals surface area contributed by atoms with Crippen molar-refractivity contribution in [2.24, 2.45) is 43.3 Å². The molecule has 8 atom stereocenters. The lowest BCUT2D eigenvalue weighted by molar-refractivity contribution is -0.176. The minimum atomic E-state index is -3.11. The van der Waals surface area contributed by atoms with Crippen LogP contribution >= 0.6 is 0 Å². The third-order valence-electron chi connectivity index (χ3n) is 30.6. The molecule has 18 nitrogen and oxygen atoms in total. The van der Waals surface area contributed by atoms with Crippen molar-refractivity contribution in [2.75, 3.05) is 0 Å². The van der Waals surface area contributed by atoms with Gasteiger partial charge in [0.15, 0.2) is 0 Å². The van der Waals surface area contributed by atoms with E-state index in [0.717, 1.165) is 0 Å². The highest BCUT2D eigenvalue weighted by molar-refractivity contribution is 6.79. The first-order chi connectivity index (χ1) is 48.2. The van der Waals surface area contributed by atoms with E-state index in [2.05, 4.69) is 83.1 Å². The van der Waals surface area contributed by atoms with Crippen LogP contribution in [0.4, 0.5) is 0 Å². The second kappa shape index (κ2) is 22.5. The SMILES string of the molecule is CC(C)[Si](Oc1cc2c(OC(=O)[C@@]34CC[C@@](C)(C(=O)O3)C4(C)C)ccc(OC(=O)[C@@]34CC[C@@](C)(C(=O)O3)C4(C)C)c2c2ccc3ccc4c5c(OC(=O)[C@@]67CC[C@@](C)(C(=O)O6)C7(C)C)ccc(OC(=O)[C@@]67CC[C@@](C)(C(=O)O6)C7(C)C)c5cc(O[Si](C(C)C)(C(C)C)C(C)C)c4c3c12)(C(C)C)C(C)C. The van der Waals surface area contributed by atoms with E-state index >= 15 is 19.2 Å². The van der Waals surface area contributed by atoms with E-state index in [9.17, 15) is 19.2 Å². The fraction of sp³-hybridized carbons (Fsp3) is 0.595. The first-order valence-corrected chi connectivity index (χ1v) is 42.0. The van der Waals surface area contributed by atoms with Crippen LogP contribution in [-0.2, 0) is 57.3 Å². The van der Waals surface area contributed by atoms with Gasteiger partial charge < -0.3 is 46.7 Å². The van der Waals surface area contributed by atoms with E-state index in [0.29, 0.717) is 91.0 Å². The zero-order valence-electron chi connectivity index (χ0n) is 65.2. The molecule has 4 saturated carbocycles. The van der Waals surface area contributed by atoms with Gasteiger partial charge in [-0.25, -0.2) is 19.2 Å². The summed E-state index contributed by atoms with van der Waals surface area (Å²) in [5, 5.41) is 4.77. The number of esters is 8. The Labute approximate surface area is 611 Å². The molecule has 6 aromatic carbocycles. The van der Waals surface area contributed by atoms with Gasteiger partial charge in [0.05, 0.1) is 21.7 Å². The molecule has 4 aliphatic heterocycles. The molecule has 6 aromatic rings. The zero-order chi connectivity index (χ0) is 76.1. The Balaban J connectivity index is 1.13. The summed E-state index contributed by atoms with van der Waals surface area (Å²) in [6, 6.07) is 18.0. The van der Waals surface area contributed by atoms with Crippen LogP contribution in [0, 0.1) is 43.3 Å². The molecule has 20 heteroatoms. The Morgan fingerprint density at radius 3 is 0.769 bits per heavy atom. The van der Waals surface area contributed by atoms with Crippen molar-refractivity contribution in [3.8, 4) is 34.5 Å². The van der Waals surface area contributed by atoms with Crippen LogP contribution in [0.3, 0.4) is 0 Å². The summed E-state index contributed by atoms with van der Waals surface area (Å²) in [5.41, 5.74) is -14.5. The number of hydrogen-bond donors (Lipinski definition) is 0. The molecule has 4 heterocycles. The predicted octanol–water partition coefficient (Wildman–Crippen LogP) is 18.7. The maximum absolute atomic E-state index is 15.7. The number of carbonyl (C=O) groups excluding carboxylic acids is 8. The van der Waals surface area contributed by atoms with Gasteiger partial charge in [0.1, 0.15) is 34.5 Å². The average Bonchev–Trinajstić information content (AvgIpc) is 1.50. The molecule has 14 rings (SSSR count). The van der Waals surface area contributed by atoms with Crippen molar-refractivity contribution in [1.82, 2.24) is 0 Å². The molecule has 0 unspecified atom stereocenters. The van der Waals surface area contributed by atoms with E-state index in [1.165, 1.54) is 0 Å². The maximum Gasteiger partial charge on any atom is 0.356 e. The molecule has 104 heavy (non-hydrogen) atoms. The normalized spacial score (nSPS) is 30.3. The van der Waals surface area contributed by atoms with E-state index < -0.39 is 130 Å². The van der Waals surface area contributed by atoms with Crippen LogP contribution in [0.25, 0.3) is 53.9 Å². The van der Waals surface area contributed by atoms with Crippen molar-refractivity contribution in [2.45, 2.75) is 273 Å². The van der Waals surface area contributed by atoms with Crippen molar-refractivity contribution in [3.63, 3.8) is 0 Å². The highest BCUT2D eigenvalue weighted by atomic mass is 28.4. The Morgan fingerprint density at radius 2 is 0.548 bits per heavy atom. The van der Waals surface area contributed by atoms with Gasteiger partial charge in [-0.15, -0.1) is 0 Å². The fourth-order valence-electron chi connectivity index (χ4n) is 21.9. The van der Waals surface area contributed by atoms with Gasteiger partial charge in [-0.3, -0.25) is 19.2 Å². The summed E-state index contributed by atoms with van der Waals surface area (Å²) in [6.07, 6.45) is 2.45. The lowest BCUT2D eigenvalue weighted by Gasteiger charge is -2.43. The van der Waals surface area contributed by atoms with Gasteiger partial charge in [0.25, 0.3) is 16.6 Å². The minimum Gasteiger partial charge on any atom is -0.542 e. The Kier molecular flexibility index (Phi) is 15.9. The second-order valence-corrected chi connectivity index (χ2v) is 47.6. The topological polar surface area (TPSA) is 229 Å². The first kappa shape index (κ1) is 73.3. The van der Waals surface area contributed by atoms with Gasteiger partial charge in [-0.05, 0) is 165 Å². The Bertz CT molecular complexity index is 4520. The van der Waals surface area contributed by atoms with Crippen molar-refractivity contribution in [3.05, 3.63) is 60.7 Å². The van der Waals surface area contributed by atoms with Crippen molar-refractivity contribution >= 4 is 118 Å². The van der Waals surface area contributed by atoms with Gasteiger partial charge in [-0.2, -0.15) is 0 Å². The molecule has 8 fully saturated rings. The molecule has 0 aromatic heterocycles. The van der Waals surface area contributed by atoms with Gasteiger partial charge in [-0.1, -0.05) is 163 Å². The molecule has 0 spiro atoms. The fourth-order valence-corrected chi connectivity index (χ4v) is 32.4. The summed E-state index contributed by atoms with van der Waals surface area (Å²) in [7, 11) is -6.22. The molecule has 0 amide bonds. The molecule has 4 saturated heterocycles. The largest absolute Gasteiger partial charge is 0.542 e. The standard InChI is InChI=1S/C84H104O18Si2/c1-43(2)103(44(3)4,45(5)6)101-58-41-52-54(93-69(89)81-37-33-77(21,65(85)97-81)73(81,13)14)29-31-56(95-71(91)83-39-35-79(23,67(87)99-83)75(83,17)18)61(52)50-27-25-49-26-28-51-62-53(42-59(64(51)60(49)63(50)58)102-104(46(7)8,47(9)10)48(11)12)55(94-70(90)82-38-34-78(22,66(86)98-82)74(82,15)16)30-32-57(62)96-72(92)84-40-36-80(24,68(88)100-84)76(84,19)20/h25-32,41-48H,33-40H2,1-24H3/t77-,78-,79-,80-,81+,82+,83+,84+/m0/s1. The lowest BCUT2D eigenvalue weighted by Crippen LogP contribution is -2.50. The van der Waals surface area contributed by atoms with Gasteiger partial charge in [0.2, 0.25) is 22.4 Å². The molecule has 8 bridgehead atoms. The molecule has 556 valence electrons. The quantitative estimate of drug-likeness (QED) is 0.0256. The van der Waals surface area contributed by atoms with E-state index in [1.54, 1.807) is 24.3 Å². The third-order valence-corrected chi connectivity index (χ3v) is 42.5. The molecule has 0 radical (unpaired) electrons. The first-order valence-electron chi connectivity index (χ1n) is 37.8. The third kappa shape index (κ3) is 8.55. The average molecular weight is 1460 g/mol.